The van der Waals surface area contributed by atoms with Crippen LogP contribution in [-0.2, 0) is 22.4 Å². The van der Waals surface area contributed by atoms with Crippen LogP contribution in [0.1, 0.15) is 36.1 Å². The van der Waals surface area contributed by atoms with Gasteiger partial charge in [0.2, 0.25) is 0 Å². The number of nitrogens with one attached hydrogen (secondary N) is 2. The molecule has 0 aromatic heterocycles. The maximum absolute atomic E-state index is 12.6. The van der Waals surface area contributed by atoms with Gasteiger partial charge in [0.25, 0.3) is 11.8 Å². The van der Waals surface area contributed by atoms with E-state index < -0.39 is 0 Å². The molecule has 0 saturated carbocycles. The third-order valence-corrected chi connectivity index (χ3v) is 4.98. The Bertz CT molecular complexity index is 883. The van der Waals surface area contributed by atoms with Crippen LogP contribution in [-0.4, -0.2) is 11.8 Å². The molecule has 4 rings (SSSR count). The van der Waals surface area contributed by atoms with Gasteiger partial charge in [-0.05, 0) is 35.1 Å². The smallest absolute Gasteiger partial charge is 0.258 e. The Labute approximate surface area is 152 Å². The Morgan fingerprint density at radius 1 is 0.615 bits per heavy atom. The van der Waals surface area contributed by atoms with Crippen LogP contribution in [0.2, 0.25) is 0 Å². The number of aryl methyl sites for hydroxylation is 2. The van der Waals surface area contributed by atoms with Crippen LogP contribution in [0.25, 0.3) is 11.4 Å². The predicted octanol–water partition coefficient (Wildman–Crippen LogP) is 3.19. The van der Waals surface area contributed by atoms with Crippen molar-refractivity contribution in [3.63, 3.8) is 0 Å². The second-order valence-electron chi connectivity index (χ2n) is 6.51. The van der Waals surface area contributed by atoms with Gasteiger partial charge in [0, 0.05) is 0 Å². The standard InChI is InChI=1S/C22H20N2O2/c1-3-13-5-9-15(10-6-13)19-17-18(22(26)23-19)20(24-21(17)25)16-11-7-14(4-2)8-12-16/h5-12H,3-4H2,1-2H3,(H,23,26)(H,24,25). The lowest BCUT2D eigenvalue weighted by Gasteiger charge is -2.08. The zero-order valence-corrected chi connectivity index (χ0v) is 14.8. The average Bonchev–Trinajstić information content (AvgIpc) is 3.21. The Morgan fingerprint density at radius 3 is 1.27 bits per heavy atom. The Morgan fingerprint density at radius 2 is 0.962 bits per heavy atom. The molecule has 2 aliphatic heterocycles. The first-order valence-corrected chi connectivity index (χ1v) is 8.92. The van der Waals surface area contributed by atoms with Crippen molar-refractivity contribution in [2.45, 2.75) is 26.7 Å². The summed E-state index contributed by atoms with van der Waals surface area (Å²) >= 11 is 0. The molecule has 4 nitrogen and oxygen atoms in total. The maximum Gasteiger partial charge on any atom is 0.258 e. The van der Waals surface area contributed by atoms with E-state index in [4.69, 9.17) is 0 Å². The van der Waals surface area contributed by atoms with Crippen molar-refractivity contribution in [1.82, 2.24) is 10.6 Å². The van der Waals surface area contributed by atoms with E-state index in [0.29, 0.717) is 22.5 Å². The number of carbonyl (C=O) groups is 2. The number of benzene rings is 2. The maximum atomic E-state index is 12.6. The van der Waals surface area contributed by atoms with E-state index in [-0.39, 0.29) is 11.8 Å². The number of hydrogen-bond donors (Lipinski definition) is 2. The van der Waals surface area contributed by atoms with Crippen LogP contribution in [0.15, 0.2) is 59.7 Å². The van der Waals surface area contributed by atoms with E-state index in [1.165, 1.54) is 11.1 Å². The summed E-state index contributed by atoms with van der Waals surface area (Å²) in [7, 11) is 0. The van der Waals surface area contributed by atoms with Crippen molar-refractivity contribution < 1.29 is 9.59 Å². The highest BCUT2D eigenvalue weighted by atomic mass is 16.2. The lowest BCUT2D eigenvalue weighted by atomic mass is 10.0. The molecule has 2 N–H and O–H groups in total. The van der Waals surface area contributed by atoms with Gasteiger partial charge >= 0.3 is 0 Å². The van der Waals surface area contributed by atoms with Crippen LogP contribution in [0, 0.1) is 0 Å². The van der Waals surface area contributed by atoms with Crippen LogP contribution in [0.4, 0.5) is 0 Å². The molecule has 0 aliphatic carbocycles. The van der Waals surface area contributed by atoms with E-state index >= 15 is 0 Å². The molecule has 0 unspecified atom stereocenters. The van der Waals surface area contributed by atoms with Crippen molar-refractivity contribution in [3.8, 4) is 0 Å². The summed E-state index contributed by atoms with van der Waals surface area (Å²) in [6.07, 6.45) is 1.89. The molecular formula is C22H20N2O2. The fourth-order valence-corrected chi connectivity index (χ4v) is 3.43. The SMILES string of the molecule is CCc1ccc(C2=C3C(=O)NC(c4ccc(CC)cc4)=C3C(=O)N2)cc1. The summed E-state index contributed by atoms with van der Waals surface area (Å²) in [5.41, 5.74) is 6.17. The van der Waals surface area contributed by atoms with Gasteiger partial charge in [-0.25, -0.2) is 0 Å². The second kappa shape index (κ2) is 6.30. The summed E-state index contributed by atoms with van der Waals surface area (Å²) < 4.78 is 0. The molecule has 0 bridgehead atoms. The molecule has 2 aromatic carbocycles. The lowest BCUT2D eigenvalue weighted by Crippen LogP contribution is -2.21. The molecule has 26 heavy (non-hydrogen) atoms. The minimum Gasteiger partial charge on any atom is -0.321 e. The van der Waals surface area contributed by atoms with Crippen molar-refractivity contribution in [2.75, 3.05) is 0 Å². The molecule has 0 radical (unpaired) electrons. The number of rotatable bonds is 4. The van der Waals surface area contributed by atoms with E-state index in [9.17, 15) is 9.59 Å². The second-order valence-corrected chi connectivity index (χ2v) is 6.51. The zero-order valence-electron chi connectivity index (χ0n) is 14.8. The summed E-state index contributed by atoms with van der Waals surface area (Å²) in [4.78, 5) is 25.2. The van der Waals surface area contributed by atoms with Gasteiger partial charge in [-0.1, -0.05) is 62.4 Å². The van der Waals surface area contributed by atoms with Crippen molar-refractivity contribution in [2.24, 2.45) is 0 Å². The molecular weight excluding hydrogens is 324 g/mol. The topological polar surface area (TPSA) is 58.2 Å². The fraction of sp³-hybridized carbons (Fsp3) is 0.182. The predicted molar refractivity (Wildman–Crippen MR) is 102 cm³/mol. The molecule has 2 amide bonds. The van der Waals surface area contributed by atoms with Gasteiger partial charge < -0.3 is 10.6 Å². The molecule has 2 heterocycles. The highest BCUT2D eigenvalue weighted by molar-refractivity contribution is 6.30. The number of fused-ring (bicyclic) bond motifs is 1. The molecule has 4 heteroatoms. The Kier molecular flexibility index (Phi) is 3.96. The zero-order chi connectivity index (χ0) is 18.3. The van der Waals surface area contributed by atoms with Gasteiger partial charge in [0.15, 0.2) is 0 Å². The summed E-state index contributed by atoms with van der Waals surface area (Å²) in [6, 6.07) is 15.9. The van der Waals surface area contributed by atoms with Crippen LogP contribution in [0.3, 0.4) is 0 Å². The molecule has 0 spiro atoms. The number of hydrogen-bond acceptors (Lipinski definition) is 2. The van der Waals surface area contributed by atoms with E-state index in [0.717, 1.165) is 24.0 Å². The number of amides is 2. The quantitative estimate of drug-likeness (QED) is 0.895. The third-order valence-electron chi connectivity index (χ3n) is 4.98. The monoisotopic (exact) mass is 344 g/mol. The molecule has 0 saturated heterocycles. The molecule has 2 aromatic rings. The summed E-state index contributed by atoms with van der Waals surface area (Å²) in [5, 5.41) is 5.77. The summed E-state index contributed by atoms with van der Waals surface area (Å²) in [5.74, 6) is -0.468. The van der Waals surface area contributed by atoms with Gasteiger partial charge in [0.05, 0.1) is 22.5 Å². The molecule has 2 aliphatic rings. The van der Waals surface area contributed by atoms with Crippen molar-refractivity contribution in [3.05, 3.63) is 81.9 Å². The molecule has 130 valence electrons. The highest BCUT2D eigenvalue weighted by Gasteiger charge is 2.40. The minimum atomic E-state index is -0.234. The van der Waals surface area contributed by atoms with Crippen LogP contribution < -0.4 is 10.6 Å². The Hall–Kier alpha value is -3.14. The molecule has 0 atom stereocenters. The first kappa shape index (κ1) is 16.3. The van der Waals surface area contributed by atoms with E-state index in [1.807, 2.05) is 48.5 Å². The molecule has 0 fully saturated rings. The Balaban J connectivity index is 1.81. The van der Waals surface area contributed by atoms with Crippen molar-refractivity contribution >= 4 is 23.2 Å². The largest absolute Gasteiger partial charge is 0.321 e. The minimum absolute atomic E-state index is 0.234. The van der Waals surface area contributed by atoms with Gasteiger partial charge in [-0.15, -0.1) is 0 Å². The van der Waals surface area contributed by atoms with E-state index in [1.54, 1.807) is 0 Å². The first-order valence-electron chi connectivity index (χ1n) is 8.92. The third kappa shape index (κ3) is 2.54. The fourth-order valence-electron chi connectivity index (χ4n) is 3.43. The van der Waals surface area contributed by atoms with Crippen LogP contribution in [0.5, 0.6) is 0 Å². The lowest BCUT2D eigenvalue weighted by molar-refractivity contribution is -0.117. The number of carbonyl (C=O) groups excluding carboxylic acids is 2. The van der Waals surface area contributed by atoms with Gasteiger partial charge in [-0.2, -0.15) is 0 Å². The first-order chi connectivity index (χ1) is 12.6. The highest BCUT2D eigenvalue weighted by Crippen LogP contribution is 2.37. The average molecular weight is 344 g/mol. The normalized spacial score (nSPS) is 16.1. The summed E-state index contributed by atoms with van der Waals surface area (Å²) in [6.45, 7) is 4.19. The van der Waals surface area contributed by atoms with Crippen LogP contribution >= 0.6 is 0 Å². The van der Waals surface area contributed by atoms with Crippen molar-refractivity contribution in [1.29, 1.82) is 0 Å². The van der Waals surface area contributed by atoms with Gasteiger partial charge in [0.1, 0.15) is 0 Å². The van der Waals surface area contributed by atoms with E-state index in [2.05, 4.69) is 24.5 Å². The van der Waals surface area contributed by atoms with Gasteiger partial charge in [-0.3, -0.25) is 9.59 Å².